The van der Waals surface area contributed by atoms with Gasteiger partial charge in [-0.15, -0.1) is 0 Å². The van der Waals surface area contributed by atoms with E-state index in [1.807, 2.05) is 54.3 Å². The number of ether oxygens (including phenoxy) is 1. The summed E-state index contributed by atoms with van der Waals surface area (Å²) in [6, 6.07) is 13.9. The Morgan fingerprint density at radius 2 is 1.73 bits per heavy atom. The SMILES string of the molecule is Cn1ccnc1COc1ccc(Cn2ccnc2-c2ccccn2)cc1. The number of imidazole rings is 2. The maximum absolute atomic E-state index is 5.80. The number of hydrogen-bond donors (Lipinski definition) is 0. The predicted octanol–water partition coefficient (Wildman–Crippen LogP) is 3.31. The van der Waals surface area contributed by atoms with E-state index in [0.29, 0.717) is 6.61 Å². The molecule has 0 unspecified atom stereocenters. The molecule has 0 aliphatic carbocycles. The zero-order valence-electron chi connectivity index (χ0n) is 14.5. The molecule has 130 valence electrons. The second-order valence-electron chi connectivity index (χ2n) is 5.98. The molecule has 1 aromatic carbocycles. The van der Waals surface area contributed by atoms with E-state index in [1.54, 1.807) is 18.6 Å². The van der Waals surface area contributed by atoms with Crippen molar-refractivity contribution in [2.75, 3.05) is 0 Å². The highest BCUT2D eigenvalue weighted by Crippen LogP contribution is 2.18. The molecule has 3 heterocycles. The first-order valence-electron chi connectivity index (χ1n) is 8.40. The number of pyridine rings is 1. The first-order chi connectivity index (χ1) is 12.8. The maximum atomic E-state index is 5.80. The molecular formula is C20H19N5O. The monoisotopic (exact) mass is 345 g/mol. The molecule has 0 bridgehead atoms. The van der Waals surface area contributed by atoms with Crippen LogP contribution in [0.25, 0.3) is 11.5 Å². The third kappa shape index (κ3) is 3.49. The molecule has 4 aromatic rings. The Labute approximate surface area is 151 Å². The summed E-state index contributed by atoms with van der Waals surface area (Å²) in [5.74, 6) is 2.58. The smallest absolute Gasteiger partial charge is 0.158 e. The van der Waals surface area contributed by atoms with Gasteiger partial charge in [-0.05, 0) is 29.8 Å². The molecule has 0 fully saturated rings. The molecule has 0 aliphatic heterocycles. The van der Waals surface area contributed by atoms with Gasteiger partial charge in [-0.1, -0.05) is 18.2 Å². The summed E-state index contributed by atoms with van der Waals surface area (Å²) in [5.41, 5.74) is 2.04. The average molecular weight is 345 g/mol. The van der Waals surface area contributed by atoms with E-state index in [2.05, 4.69) is 31.7 Å². The molecule has 0 atom stereocenters. The summed E-state index contributed by atoms with van der Waals surface area (Å²) in [4.78, 5) is 13.1. The van der Waals surface area contributed by atoms with Gasteiger partial charge >= 0.3 is 0 Å². The van der Waals surface area contributed by atoms with Crippen molar-refractivity contribution in [2.45, 2.75) is 13.2 Å². The topological polar surface area (TPSA) is 57.8 Å². The van der Waals surface area contributed by atoms with Crippen LogP contribution in [0.2, 0.25) is 0 Å². The molecule has 6 nitrogen and oxygen atoms in total. The molecule has 0 amide bonds. The first kappa shape index (κ1) is 16.1. The minimum absolute atomic E-state index is 0.453. The Bertz CT molecular complexity index is 973. The molecule has 4 rings (SSSR count). The quantitative estimate of drug-likeness (QED) is 0.538. The van der Waals surface area contributed by atoms with Gasteiger partial charge in [0.25, 0.3) is 0 Å². The van der Waals surface area contributed by atoms with E-state index in [0.717, 1.165) is 29.6 Å². The Morgan fingerprint density at radius 1 is 0.885 bits per heavy atom. The highest BCUT2D eigenvalue weighted by molar-refractivity contribution is 5.49. The lowest BCUT2D eigenvalue weighted by molar-refractivity contribution is 0.291. The van der Waals surface area contributed by atoms with Crippen LogP contribution in [0.1, 0.15) is 11.4 Å². The molecule has 6 heteroatoms. The minimum atomic E-state index is 0.453. The van der Waals surface area contributed by atoms with Crippen molar-refractivity contribution < 1.29 is 4.74 Å². The van der Waals surface area contributed by atoms with Crippen LogP contribution in [0.5, 0.6) is 5.75 Å². The Kier molecular flexibility index (Phi) is 4.47. The Hall–Kier alpha value is -3.41. The highest BCUT2D eigenvalue weighted by Gasteiger charge is 2.07. The average Bonchev–Trinajstić information content (AvgIpc) is 3.31. The molecule has 0 radical (unpaired) electrons. The predicted molar refractivity (Wildman–Crippen MR) is 98.5 cm³/mol. The largest absolute Gasteiger partial charge is 0.486 e. The fourth-order valence-electron chi connectivity index (χ4n) is 2.74. The van der Waals surface area contributed by atoms with Gasteiger partial charge in [0.1, 0.15) is 23.9 Å². The summed E-state index contributed by atoms with van der Waals surface area (Å²) in [6.45, 7) is 1.18. The van der Waals surface area contributed by atoms with Crippen LogP contribution < -0.4 is 4.74 Å². The van der Waals surface area contributed by atoms with Crippen molar-refractivity contribution >= 4 is 0 Å². The number of rotatable bonds is 6. The van der Waals surface area contributed by atoms with Crippen molar-refractivity contribution in [3.63, 3.8) is 0 Å². The van der Waals surface area contributed by atoms with E-state index < -0.39 is 0 Å². The second-order valence-corrected chi connectivity index (χ2v) is 5.98. The third-order valence-corrected chi connectivity index (χ3v) is 4.17. The van der Waals surface area contributed by atoms with Crippen molar-refractivity contribution in [1.29, 1.82) is 0 Å². The van der Waals surface area contributed by atoms with Gasteiger partial charge in [0.2, 0.25) is 0 Å². The number of aryl methyl sites for hydroxylation is 1. The van der Waals surface area contributed by atoms with Gasteiger partial charge in [-0.2, -0.15) is 0 Å². The molecule has 0 spiro atoms. The van der Waals surface area contributed by atoms with Crippen LogP contribution in [0.15, 0.2) is 73.4 Å². The van der Waals surface area contributed by atoms with Crippen LogP contribution in [-0.2, 0) is 20.2 Å². The van der Waals surface area contributed by atoms with Crippen LogP contribution in [0.4, 0.5) is 0 Å². The molecule has 26 heavy (non-hydrogen) atoms. The van der Waals surface area contributed by atoms with Gasteiger partial charge in [0.15, 0.2) is 5.82 Å². The van der Waals surface area contributed by atoms with Gasteiger partial charge in [-0.25, -0.2) is 9.97 Å². The number of hydrogen-bond acceptors (Lipinski definition) is 4. The fourth-order valence-corrected chi connectivity index (χ4v) is 2.74. The molecule has 0 aliphatic rings. The van der Waals surface area contributed by atoms with Crippen molar-refractivity contribution in [2.24, 2.45) is 7.05 Å². The zero-order chi connectivity index (χ0) is 17.8. The van der Waals surface area contributed by atoms with E-state index >= 15 is 0 Å². The van der Waals surface area contributed by atoms with Gasteiger partial charge in [0, 0.05) is 44.6 Å². The van der Waals surface area contributed by atoms with Crippen molar-refractivity contribution in [3.05, 3.63) is 84.8 Å². The van der Waals surface area contributed by atoms with Crippen LogP contribution >= 0.6 is 0 Å². The highest BCUT2D eigenvalue weighted by atomic mass is 16.5. The summed E-state index contributed by atoms with van der Waals surface area (Å²) in [7, 11) is 1.96. The normalized spacial score (nSPS) is 10.8. The van der Waals surface area contributed by atoms with Gasteiger partial charge in [-0.3, -0.25) is 4.98 Å². The third-order valence-electron chi connectivity index (χ3n) is 4.17. The van der Waals surface area contributed by atoms with Crippen LogP contribution in [-0.4, -0.2) is 24.1 Å². The molecular weight excluding hydrogens is 326 g/mol. The molecule has 0 N–H and O–H groups in total. The van der Waals surface area contributed by atoms with Crippen molar-refractivity contribution in [1.82, 2.24) is 24.1 Å². The van der Waals surface area contributed by atoms with E-state index in [4.69, 9.17) is 4.74 Å². The second kappa shape index (κ2) is 7.23. The minimum Gasteiger partial charge on any atom is -0.486 e. The lowest BCUT2D eigenvalue weighted by Gasteiger charge is -2.09. The summed E-state index contributed by atoms with van der Waals surface area (Å²) >= 11 is 0. The number of benzene rings is 1. The summed E-state index contributed by atoms with van der Waals surface area (Å²) < 4.78 is 9.84. The number of aromatic nitrogens is 5. The van der Waals surface area contributed by atoms with Gasteiger partial charge < -0.3 is 13.9 Å². The van der Waals surface area contributed by atoms with E-state index in [1.165, 1.54) is 5.56 Å². The zero-order valence-corrected chi connectivity index (χ0v) is 14.5. The van der Waals surface area contributed by atoms with Crippen LogP contribution in [0, 0.1) is 0 Å². The van der Waals surface area contributed by atoms with Gasteiger partial charge in [0.05, 0.1) is 0 Å². The summed E-state index contributed by atoms with van der Waals surface area (Å²) in [6.07, 6.45) is 9.23. The summed E-state index contributed by atoms with van der Waals surface area (Å²) in [5, 5.41) is 0. The van der Waals surface area contributed by atoms with Crippen molar-refractivity contribution in [3.8, 4) is 17.3 Å². The van der Waals surface area contributed by atoms with E-state index in [-0.39, 0.29) is 0 Å². The van der Waals surface area contributed by atoms with E-state index in [9.17, 15) is 0 Å². The lowest BCUT2D eigenvalue weighted by atomic mass is 10.2. The lowest BCUT2D eigenvalue weighted by Crippen LogP contribution is -2.04. The Balaban J connectivity index is 1.44. The molecule has 0 saturated heterocycles. The Morgan fingerprint density at radius 3 is 2.46 bits per heavy atom. The van der Waals surface area contributed by atoms with Crippen LogP contribution in [0.3, 0.4) is 0 Å². The molecule has 0 saturated carbocycles. The first-order valence-corrected chi connectivity index (χ1v) is 8.40. The standard InChI is InChI=1S/C20H19N5O/c1-24-12-10-22-19(24)15-26-17-7-5-16(6-8-17)14-25-13-11-23-20(25)18-4-2-3-9-21-18/h2-13H,14-15H2,1H3. The molecule has 3 aromatic heterocycles. The fraction of sp³-hybridized carbons (Fsp3) is 0.150. The maximum Gasteiger partial charge on any atom is 0.158 e. The number of nitrogens with zero attached hydrogens (tertiary/aromatic N) is 5.